The molecule has 8 heteroatoms. The SMILES string of the molecule is Cc1nc(C(=O)N2CCOC[C@@H]2C(=O)O)nn1-c1ccccc1C(C)C. The molecule has 2 aromatic rings. The average molecular weight is 358 g/mol. The fourth-order valence-corrected chi connectivity index (χ4v) is 3.06. The van der Waals surface area contributed by atoms with Crippen molar-refractivity contribution in [2.45, 2.75) is 32.7 Å². The van der Waals surface area contributed by atoms with Crippen LogP contribution in [-0.2, 0) is 9.53 Å². The monoisotopic (exact) mass is 358 g/mol. The summed E-state index contributed by atoms with van der Waals surface area (Å²) in [7, 11) is 0. The predicted octanol–water partition coefficient (Wildman–Crippen LogP) is 1.62. The fourth-order valence-electron chi connectivity index (χ4n) is 3.06. The molecule has 1 saturated heterocycles. The van der Waals surface area contributed by atoms with Gasteiger partial charge in [0.05, 0.1) is 18.9 Å². The second kappa shape index (κ2) is 7.25. The second-order valence-corrected chi connectivity index (χ2v) is 6.54. The maximum absolute atomic E-state index is 12.8. The van der Waals surface area contributed by atoms with Crippen molar-refractivity contribution in [3.05, 3.63) is 41.5 Å². The van der Waals surface area contributed by atoms with Gasteiger partial charge in [-0.05, 0) is 24.5 Å². The van der Waals surface area contributed by atoms with Crippen LogP contribution in [-0.4, -0.2) is 62.4 Å². The van der Waals surface area contributed by atoms with E-state index in [1.54, 1.807) is 11.6 Å². The fraction of sp³-hybridized carbons (Fsp3) is 0.444. The van der Waals surface area contributed by atoms with Crippen molar-refractivity contribution in [2.75, 3.05) is 19.8 Å². The number of hydrogen-bond acceptors (Lipinski definition) is 5. The van der Waals surface area contributed by atoms with E-state index in [1.807, 2.05) is 24.3 Å². The first-order chi connectivity index (χ1) is 12.4. The summed E-state index contributed by atoms with van der Waals surface area (Å²) >= 11 is 0. The second-order valence-electron chi connectivity index (χ2n) is 6.54. The van der Waals surface area contributed by atoms with E-state index in [4.69, 9.17) is 4.74 Å². The third-order valence-electron chi connectivity index (χ3n) is 4.42. The lowest BCUT2D eigenvalue weighted by atomic mass is 10.0. The number of aromatic nitrogens is 3. The number of aryl methyl sites for hydroxylation is 1. The van der Waals surface area contributed by atoms with Gasteiger partial charge >= 0.3 is 5.97 Å². The number of amides is 1. The van der Waals surface area contributed by atoms with Crippen LogP contribution in [0.2, 0.25) is 0 Å². The van der Waals surface area contributed by atoms with Gasteiger partial charge in [-0.1, -0.05) is 32.0 Å². The minimum Gasteiger partial charge on any atom is -0.480 e. The van der Waals surface area contributed by atoms with Crippen LogP contribution >= 0.6 is 0 Å². The lowest BCUT2D eigenvalue weighted by molar-refractivity contribution is -0.147. The molecular formula is C18H22N4O4. The smallest absolute Gasteiger partial charge is 0.328 e. The highest BCUT2D eigenvalue weighted by molar-refractivity contribution is 5.93. The number of para-hydroxylation sites is 1. The molecule has 0 unspecified atom stereocenters. The molecule has 8 nitrogen and oxygen atoms in total. The lowest BCUT2D eigenvalue weighted by Crippen LogP contribution is -2.52. The van der Waals surface area contributed by atoms with Crippen molar-refractivity contribution in [1.82, 2.24) is 19.7 Å². The number of benzene rings is 1. The zero-order chi connectivity index (χ0) is 18.8. The molecule has 1 aliphatic heterocycles. The summed E-state index contributed by atoms with van der Waals surface area (Å²) in [5.74, 6) is -0.746. The van der Waals surface area contributed by atoms with Gasteiger partial charge in [0.1, 0.15) is 5.82 Å². The van der Waals surface area contributed by atoms with Crippen molar-refractivity contribution >= 4 is 11.9 Å². The molecular weight excluding hydrogens is 336 g/mol. The van der Waals surface area contributed by atoms with E-state index in [-0.39, 0.29) is 24.9 Å². The number of nitrogens with zero attached hydrogens (tertiary/aromatic N) is 4. The molecule has 1 N–H and O–H groups in total. The molecule has 26 heavy (non-hydrogen) atoms. The van der Waals surface area contributed by atoms with E-state index in [2.05, 4.69) is 23.9 Å². The van der Waals surface area contributed by atoms with Gasteiger partial charge in [0.2, 0.25) is 5.82 Å². The average Bonchev–Trinajstić information content (AvgIpc) is 3.02. The minimum atomic E-state index is -1.10. The van der Waals surface area contributed by atoms with Crippen LogP contribution in [0, 0.1) is 6.92 Å². The Labute approximate surface area is 151 Å². The quantitative estimate of drug-likeness (QED) is 0.892. The Hall–Kier alpha value is -2.74. The number of carboxylic acids is 1. The normalized spacial score (nSPS) is 17.5. The van der Waals surface area contributed by atoms with Crippen molar-refractivity contribution in [3.63, 3.8) is 0 Å². The summed E-state index contributed by atoms with van der Waals surface area (Å²) in [4.78, 5) is 29.7. The molecule has 0 spiro atoms. The van der Waals surface area contributed by atoms with Gasteiger partial charge in [-0.2, -0.15) is 0 Å². The van der Waals surface area contributed by atoms with Gasteiger partial charge in [0, 0.05) is 6.54 Å². The zero-order valence-electron chi connectivity index (χ0n) is 15.0. The Morgan fingerprint density at radius 3 is 2.73 bits per heavy atom. The minimum absolute atomic E-state index is 0.00536. The van der Waals surface area contributed by atoms with Crippen LogP contribution in [0.5, 0.6) is 0 Å². The van der Waals surface area contributed by atoms with Crippen LogP contribution < -0.4 is 0 Å². The summed E-state index contributed by atoms with van der Waals surface area (Å²) in [6.07, 6.45) is 0. The largest absolute Gasteiger partial charge is 0.480 e. The van der Waals surface area contributed by atoms with Gasteiger partial charge in [0.15, 0.2) is 6.04 Å². The molecule has 1 fully saturated rings. The van der Waals surface area contributed by atoms with Crippen molar-refractivity contribution < 1.29 is 19.4 Å². The Bertz CT molecular complexity index is 830. The summed E-state index contributed by atoms with van der Waals surface area (Å²) in [5, 5.41) is 13.7. The van der Waals surface area contributed by atoms with Crippen LogP contribution in [0.4, 0.5) is 0 Å². The van der Waals surface area contributed by atoms with Crippen molar-refractivity contribution in [1.29, 1.82) is 0 Å². The van der Waals surface area contributed by atoms with Crippen LogP contribution in [0.15, 0.2) is 24.3 Å². The van der Waals surface area contributed by atoms with E-state index in [0.29, 0.717) is 12.4 Å². The first-order valence-corrected chi connectivity index (χ1v) is 8.54. The Morgan fingerprint density at radius 2 is 2.04 bits per heavy atom. The summed E-state index contributed by atoms with van der Waals surface area (Å²) in [6.45, 7) is 6.41. The van der Waals surface area contributed by atoms with Gasteiger partial charge in [-0.3, -0.25) is 4.79 Å². The number of carbonyl (C=O) groups excluding carboxylic acids is 1. The van der Waals surface area contributed by atoms with E-state index in [0.717, 1.165) is 11.3 Å². The first kappa shape index (κ1) is 18.1. The molecule has 2 heterocycles. The molecule has 138 valence electrons. The van der Waals surface area contributed by atoms with Gasteiger partial charge in [0.25, 0.3) is 5.91 Å². The van der Waals surface area contributed by atoms with E-state index in [9.17, 15) is 14.7 Å². The lowest BCUT2D eigenvalue weighted by Gasteiger charge is -2.31. The van der Waals surface area contributed by atoms with Gasteiger partial charge in [-0.15, -0.1) is 5.10 Å². The van der Waals surface area contributed by atoms with Crippen LogP contribution in [0.25, 0.3) is 5.69 Å². The van der Waals surface area contributed by atoms with Crippen LogP contribution in [0.3, 0.4) is 0 Å². The van der Waals surface area contributed by atoms with E-state index < -0.39 is 17.9 Å². The highest BCUT2D eigenvalue weighted by Crippen LogP contribution is 2.23. The molecule has 1 amide bonds. The molecule has 0 radical (unpaired) electrons. The number of rotatable bonds is 4. The Morgan fingerprint density at radius 1 is 1.31 bits per heavy atom. The third kappa shape index (κ3) is 3.32. The molecule has 0 saturated carbocycles. The third-order valence-corrected chi connectivity index (χ3v) is 4.42. The maximum atomic E-state index is 12.8. The summed E-state index contributed by atoms with van der Waals surface area (Å²) < 4.78 is 6.82. The highest BCUT2D eigenvalue weighted by Gasteiger charge is 2.35. The summed E-state index contributed by atoms with van der Waals surface area (Å²) in [6, 6.07) is 6.80. The number of carboxylic acid groups (broad SMARTS) is 1. The number of aliphatic carboxylic acids is 1. The number of hydrogen-bond donors (Lipinski definition) is 1. The highest BCUT2D eigenvalue weighted by atomic mass is 16.5. The Balaban J connectivity index is 1.96. The molecule has 1 aromatic heterocycles. The topological polar surface area (TPSA) is 97.6 Å². The molecule has 1 aromatic carbocycles. The number of carbonyl (C=O) groups is 2. The molecule has 0 bridgehead atoms. The summed E-state index contributed by atoms with van der Waals surface area (Å²) in [5.41, 5.74) is 1.96. The maximum Gasteiger partial charge on any atom is 0.328 e. The molecule has 1 aliphatic rings. The van der Waals surface area contributed by atoms with Gasteiger partial charge in [-0.25, -0.2) is 14.5 Å². The molecule has 1 atom stereocenters. The standard InChI is InChI=1S/C18H22N4O4/c1-11(2)13-6-4-5-7-14(13)22-12(3)19-16(20-22)17(23)21-8-9-26-10-15(21)18(24)25/h4-7,11,15H,8-10H2,1-3H3,(H,24,25)/t15-/m1/s1. The zero-order valence-corrected chi connectivity index (χ0v) is 15.0. The predicted molar refractivity (Wildman–Crippen MR) is 93.5 cm³/mol. The van der Waals surface area contributed by atoms with Crippen molar-refractivity contribution in [2.24, 2.45) is 0 Å². The molecule has 3 rings (SSSR count). The van der Waals surface area contributed by atoms with E-state index in [1.165, 1.54) is 4.90 Å². The van der Waals surface area contributed by atoms with Gasteiger partial charge < -0.3 is 14.7 Å². The molecule has 0 aliphatic carbocycles. The first-order valence-electron chi connectivity index (χ1n) is 8.54. The van der Waals surface area contributed by atoms with Crippen LogP contribution in [0.1, 0.15) is 41.8 Å². The van der Waals surface area contributed by atoms with Crippen molar-refractivity contribution in [3.8, 4) is 5.69 Å². The number of ether oxygens (including phenoxy) is 1. The van der Waals surface area contributed by atoms with E-state index >= 15 is 0 Å². The number of morpholine rings is 1. The Kier molecular flexibility index (Phi) is 5.03.